The van der Waals surface area contributed by atoms with Crippen LogP contribution in [-0.4, -0.2) is 14.8 Å². The van der Waals surface area contributed by atoms with Gasteiger partial charge in [0, 0.05) is 12.7 Å². The van der Waals surface area contributed by atoms with Crippen molar-refractivity contribution < 1.29 is 4.42 Å². The van der Waals surface area contributed by atoms with Crippen LogP contribution in [0.1, 0.15) is 11.3 Å². The molecule has 4 aromatic rings. The van der Waals surface area contributed by atoms with Crippen molar-refractivity contribution in [2.24, 2.45) is 0 Å². The van der Waals surface area contributed by atoms with Gasteiger partial charge in [-0.2, -0.15) is 10.1 Å². The third kappa shape index (κ3) is 2.68. The standard InChI is InChI=1S/C18H16N4O/c1-13-10-11-22(21-13)16-8-4-2-6-14(16)12-19-18-20-15-7-3-5-9-17(15)23-18/h2-11H,12H2,1H3,(H,19,20). The van der Waals surface area contributed by atoms with Crippen LogP contribution in [0.15, 0.2) is 65.2 Å². The average Bonchev–Trinajstić information content (AvgIpc) is 3.19. The van der Waals surface area contributed by atoms with Crippen LogP contribution in [0, 0.1) is 6.92 Å². The van der Waals surface area contributed by atoms with E-state index < -0.39 is 0 Å². The van der Waals surface area contributed by atoms with Crippen molar-refractivity contribution in [3.05, 3.63) is 72.1 Å². The predicted octanol–water partition coefficient (Wildman–Crippen LogP) is 3.93. The van der Waals surface area contributed by atoms with Gasteiger partial charge in [0.15, 0.2) is 5.58 Å². The van der Waals surface area contributed by atoms with E-state index in [9.17, 15) is 0 Å². The molecule has 2 heterocycles. The number of hydrogen-bond donors (Lipinski definition) is 1. The number of benzene rings is 2. The summed E-state index contributed by atoms with van der Waals surface area (Å²) in [7, 11) is 0. The van der Waals surface area contributed by atoms with Gasteiger partial charge in [-0.1, -0.05) is 30.3 Å². The molecule has 0 radical (unpaired) electrons. The molecule has 0 aliphatic rings. The fourth-order valence-corrected chi connectivity index (χ4v) is 2.55. The van der Waals surface area contributed by atoms with Crippen molar-refractivity contribution >= 4 is 17.1 Å². The van der Waals surface area contributed by atoms with Crippen LogP contribution in [0.5, 0.6) is 0 Å². The molecule has 0 amide bonds. The molecule has 23 heavy (non-hydrogen) atoms. The Morgan fingerprint density at radius 3 is 2.70 bits per heavy atom. The Morgan fingerprint density at radius 2 is 1.87 bits per heavy atom. The molecule has 0 aliphatic carbocycles. The fourth-order valence-electron chi connectivity index (χ4n) is 2.55. The van der Waals surface area contributed by atoms with Crippen LogP contribution in [0.4, 0.5) is 6.01 Å². The van der Waals surface area contributed by atoms with Crippen molar-refractivity contribution in [2.75, 3.05) is 5.32 Å². The van der Waals surface area contributed by atoms with Gasteiger partial charge in [0.05, 0.1) is 11.4 Å². The van der Waals surface area contributed by atoms with Gasteiger partial charge in [-0.25, -0.2) is 4.68 Å². The van der Waals surface area contributed by atoms with Gasteiger partial charge in [0.2, 0.25) is 0 Å². The summed E-state index contributed by atoms with van der Waals surface area (Å²) in [6.07, 6.45) is 1.97. The van der Waals surface area contributed by atoms with Gasteiger partial charge in [-0.3, -0.25) is 0 Å². The van der Waals surface area contributed by atoms with E-state index >= 15 is 0 Å². The lowest BCUT2D eigenvalue weighted by atomic mass is 10.2. The molecule has 1 N–H and O–H groups in total. The number of nitrogens with zero attached hydrogens (tertiary/aromatic N) is 3. The smallest absolute Gasteiger partial charge is 0.295 e. The molecular formula is C18H16N4O. The van der Waals surface area contributed by atoms with Gasteiger partial charge in [-0.15, -0.1) is 0 Å². The van der Waals surface area contributed by atoms with Crippen molar-refractivity contribution in [2.45, 2.75) is 13.5 Å². The fraction of sp³-hybridized carbons (Fsp3) is 0.111. The zero-order valence-corrected chi connectivity index (χ0v) is 12.7. The number of para-hydroxylation sites is 3. The van der Waals surface area contributed by atoms with Crippen LogP contribution in [0.3, 0.4) is 0 Å². The van der Waals surface area contributed by atoms with Crippen molar-refractivity contribution in [1.82, 2.24) is 14.8 Å². The van der Waals surface area contributed by atoms with E-state index in [0.717, 1.165) is 28.0 Å². The summed E-state index contributed by atoms with van der Waals surface area (Å²) in [5, 5.41) is 7.73. The highest BCUT2D eigenvalue weighted by Gasteiger charge is 2.08. The molecule has 0 unspecified atom stereocenters. The second-order valence-corrected chi connectivity index (χ2v) is 5.37. The minimum absolute atomic E-state index is 0.526. The number of hydrogen-bond acceptors (Lipinski definition) is 4. The van der Waals surface area contributed by atoms with E-state index in [1.165, 1.54) is 0 Å². The number of nitrogens with one attached hydrogen (secondary N) is 1. The molecule has 5 nitrogen and oxygen atoms in total. The lowest BCUT2D eigenvalue weighted by Crippen LogP contribution is -2.05. The molecule has 114 valence electrons. The quantitative estimate of drug-likeness (QED) is 0.620. The maximum Gasteiger partial charge on any atom is 0.295 e. The Hall–Kier alpha value is -3.08. The Labute approximate surface area is 133 Å². The predicted molar refractivity (Wildman–Crippen MR) is 89.6 cm³/mol. The van der Waals surface area contributed by atoms with Crippen LogP contribution < -0.4 is 5.32 Å². The molecular weight excluding hydrogens is 288 g/mol. The molecule has 2 aromatic heterocycles. The van der Waals surface area contributed by atoms with Crippen LogP contribution in [0.25, 0.3) is 16.8 Å². The van der Waals surface area contributed by atoms with E-state index in [1.54, 1.807) is 0 Å². The Morgan fingerprint density at radius 1 is 1.04 bits per heavy atom. The minimum Gasteiger partial charge on any atom is -0.424 e. The summed E-state index contributed by atoms with van der Waals surface area (Å²) in [6.45, 7) is 2.59. The lowest BCUT2D eigenvalue weighted by molar-refractivity contribution is 0.614. The number of aromatic nitrogens is 3. The maximum atomic E-state index is 5.69. The highest BCUT2D eigenvalue weighted by Crippen LogP contribution is 2.20. The van der Waals surface area contributed by atoms with E-state index in [4.69, 9.17) is 4.42 Å². The average molecular weight is 304 g/mol. The van der Waals surface area contributed by atoms with Crippen molar-refractivity contribution in [3.63, 3.8) is 0 Å². The second-order valence-electron chi connectivity index (χ2n) is 5.37. The van der Waals surface area contributed by atoms with Crippen molar-refractivity contribution in [1.29, 1.82) is 0 Å². The summed E-state index contributed by atoms with van der Waals surface area (Å²) >= 11 is 0. The summed E-state index contributed by atoms with van der Waals surface area (Å²) in [4.78, 5) is 4.43. The Bertz CT molecular complexity index is 921. The topological polar surface area (TPSA) is 55.9 Å². The van der Waals surface area contributed by atoms with E-state index in [-0.39, 0.29) is 0 Å². The highest BCUT2D eigenvalue weighted by atomic mass is 16.4. The molecule has 0 spiro atoms. The molecule has 0 saturated heterocycles. The van der Waals surface area contributed by atoms with Crippen LogP contribution in [0.2, 0.25) is 0 Å². The molecule has 2 aromatic carbocycles. The van der Waals surface area contributed by atoms with Gasteiger partial charge in [0.25, 0.3) is 6.01 Å². The summed E-state index contributed by atoms with van der Waals surface area (Å²) < 4.78 is 7.58. The first kappa shape index (κ1) is 13.6. The first-order valence-corrected chi connectivity index (χ1v) is 7.49. The first-order chi connectivity index (χ1) is 11.3. The molecule has 4 rings (SSSR count). The monoisotopic (exact) mass is 304 g/mol. The zero-order valence-electron chi connectivity index (χ0n) is 12.7. The molecule has 5 heteroatoms. The van der Waals surface area contributed by atoms with Gasteiger partial charge in [0.1, 0.15) is 5.52 Å². The normalized spacial score (nSPS) is 11.0. The third-order valence-electron chi connectivity index (χ3n) is 3.68. The summed E-state index contributed by atoms with van der Waals surface area (Å²) in [5.74, 6) is 0. The Balaban J connectivity index is 1.59. The lowest BCUT2D eigenvalue weighted by Gasteiger charge is -2.09. The van der Waals surface area contributed by atoms with Gasteiger partial charge < -0.3 is 9.73 Å². The first-order valence-electron chi connectivity index (χ1n) is 7.49. The van der Waals surface area contributed by atoms with Crippen molar-refractivity contribution in [3.8, 4) is 5.69 Å². The molecule has 0 atom stereocenters. The molecule has 0 fully saturated rings. The van der Waals surface area contributed by atoms with Crippen LogP contribution >= 0.6 is 0 Å². The second kappa shape index (κ2) is 5.61. The Kier molecular flexibility index (Phi) is 3.31. The molecule has 0 aliphatic heterocycles. The van der Waals surface area contributed by atoms with Gasteiger partial charge in [-0.05, 0) is 36.8 Å². The SMILES string of the molecule is Cc1ccn(-c2ccccc2CNc2nc3ccccc3o2)n1. The van der Waals surface area contributed by atoms with E-state index in [0.29, 0.717) is 12.6 Å². The number of oxazole rings is 1. The largest absolute Gasteiger partial charge is 0.424 e. The van der Waals surface area contributed by atoms with E-state index in [1.807, 2.05) is 60.3 Å². The number of aryl methyl sites for hydroxylation is 1. The number of rotatable bonds is 4. The zero-order chi connectivity index (χ0) is 15.6. The highest BCUT2D eigenvalue weighted by molar-refractivity contribution is 5.74. The minimum atomic E-state index is 0.526. The number of anilines is 1. The third-order valence-corrected chi connectivity index (χ3v) is 3.68. The summed E-state index contributed by atoms with van der Waals surface area (Å²) in [5.41, 5.74) is 4.80. The van der Waals surface area contributed by atoms with E-state index in [2.05, 4.69) is 27.5 Å². The molecule has 0 saturated carbocycles. The van der Waals surface area contributed by atoms with Gasteiger partial charge >= 0.3 is 0 Å². The molecule has 0 bridgehead atoms. The maximum absolute atomic E-state index is 5.69. The number of fused-ring (bicyclic) bond motifs is 1. The summed E-state index contributed by atoms with van der Waals surface area (Å²) in [6, 6.07) is 18.4. The van der Waals surface area contributed by atoms with Crippen LogP contribution in [-0.2, 0) is 6.54 Å².